The molecule has 0 aliphatic heterocycles. The van der Waals surface area contributed by atoms with Crippen molar-refractivity contribution in [1.29, 1.82) is 0 Å². The van der Waals surface area contributed by atoms with Gasteiger partial charge < -0.3 is 5.11 Å². The van der Waals surface area contributed by atoms with Gasteiger partial charge in [-0.25, -0.2) is 0 Å². The van der Waals surface area contributed by atoms with Crippen LogP contribution in [-0.4, -0.2) is 19.9 Å². The van der Waals surface area contributed by atoms with Crippen LogP contribution in [0.5, 0.6) is 0 Å². The Morgan fingerprint density at radius 1 is 0.760 bits per heavy atom. The Morgan fingerprint density at radius 3 is 1.52 bits per heavy atom. The summed E-state index contributed by atoms with van der Waals surface area (Å²) in [5, 5.41) is 8.51. The van der Waals surface area contributed by atoms with Crippen molar-refractivity contribution in [2.75, 3.05) is 0 Å². The van der Waals surface area contributed by atoms with Crippen molar-refractivity contribution in [3.05, 3.63) is 12.2 Å². The number of carboxylic acid groups (broad SMARTS) is 1. The van der Waals surface area contributed by atoms with Crippen LogP contribution in [0.1, 0.15) is 96.8 Å². The maximum absolute atomic E-state index is 10.3. The van der Waals surface area contributed by atoms with Gasteiger partial charge in [0.25, 0.3) is 0 Å². The third kappa shape index (κ3) is 40.5. The van der Waals surface area contributed by atoms with Gasteiger partial charge in [-0.3, -0.25) is 13.6 Å². The van der Waals surface area contributed by atoms with Crippen LogP contribution in [0.15, 0.2) is 12.2 Å². The van der Waals surface area contributed by atoms with Crippen molar-refractivity contribution in [2.45, 2.75) is 116 Å². The molecule has 0 atom stereocenters. The number of carboxylic acids is 1. The number of unbranched alkanes of at least 4 members (excludes halogenated alkanes) is 11. The van der Waals surface area contributed by atoms with E-state index in [0.717, 1.165) is 12.8 Å². The molecule has 4 heteroatoms. The van der Waals surface area contributed by atoms with E-state index in [1.165, 1.54) is 70.6 Å². The van der Waals surface area contributed by atoms with Crippen molar-refractivity contribution >= 4 is 14.8 Å². The average molecular weight is 379 g/mol. The number of carbonyl (C=O) groups is 1. The molecule has 144 valence electrons. The summed E-state index contributed by atoms with van der Waals surface area (Å²) >= 11 is 0. The van der Waals surface area contributed by atoms with E-state index in [1.807, 2.05) is 0 Å². The van der Waals surface area contributed by atoms with Crippen LogP contribution in [-0.2, 0) is 4.79 Å². The molecule has 0 unspecified atom stereocenters. The summed E-state index contributed by atoms with van der Waals surface area (Å²) in [7, 11) is 0.120. The normalized spacial score (nSPS) is 10.4. The van der Waals surface area contributed by atoms with Crippen LogP contribution in [0.25, 0.3) is 0 Å². The zero-order valence-electron chi connectivity index (χ0n) is 17.9. The second-order valence-electron chi connectivity index (χ2n) is 7.23. The van der Waals surface area contributed by atoms with E-state index in [0.29, 0.717) is 6.42 Å². The van der Waals surface area contributed by atoms with E-state index < -0.39 is 5.97 Å². The molecule has 0 bridgehead atoms. The van der Waals surface area contributed by atoms with Crippen molar-refractivity contribution in [1.82, 2.24) is 0 Å². The van der Waals surface area contributed by atoms with Crippen LogP contribution in [0.2, 0.25) is 19.6 Å². The Kier molecular flexibility index (Phi) is 32.2. The number of aliphatic carboxylic acids is 1. The van der Waals surface area contributed by atoms with Gasteiger partial charge in [-0.2, -0.15) is 19.6 Å². The number of rotatable bonds is 15. The summed E-state index contributed by atoms with van der Waals surface area (Å²) in [4.78, 5) is 10.3. The Balaban J connectivity index is -0.000000867. The molecule has 0 aliphatic rings. The summed E-state index contributed by atoms with van der Waals surface area (Å²) in [6.45, 7) is 9.06. The monoisotopic (exact) mass is 378 g/mol. The topological polar surface area (TPSA) is 37.3 Å². The molecule has 0 spiro atoms. The molecule has 25 heavy (non-hydrogen) atoms. The molecular weight excluding hydrogens is 335 g/mol. The average Bonchev–Trinajstić information content (AvgIpc) is 2.50. The molecule has 0 aliphatic carbocycles. The first-order valence-electron chi connectivity index (χ1n) is 10.1. The van der Waals surface area contributed by atoms with E-state index in [9.17, 15) is 4.79 Å². The molecule has 0 saturated heterocycles. The van der Waals surface area contributed by atoms with Gasteiger partial charge in [0.05, 0.1) is 0 Å². The van der Waals surface area contributed by atoms with Crippen molar-refractivity contribution in [3.8, 4) is 0 Å². The quantitative estimate of drug-likeness (QED) is 0.259. The standard InChI is InChI=1S/C18H34O2.C3H9Si.Na/c1-2-3-4-5-6-7-8-9-10-11-12-13-14-15-16-17-18(19)20;1-4(2)3;/h9-10H,2-8,11-17H2,1H3,(H,19,20);1-3H3;/q;-1;+1/b10-9-;;. The van der Waals surface area contributed by atoms with Crippen molar-refractivity contribution < 1.29 is 39.5 Å². The molecular formula is C21H43NaO2Si. The summed E-state index contributed by atoms with van der Waals surface area (Å²) in [6, 6.07) is 0. The van der Waals surface area contributed by atoms with Crippen LogP contribution in [0.4, 0.5) is 0 Å². The molecule has 0 saturated carbocycles. The second-order valence-corrected chi connectivity index (χ2v) is 10.2. The molecule has 0 heterocycles. The van der Waals surface area contributed by atoms with Gasteiger partial charge in [-0.05, 0) is 32.1 Å². The second kappa shape index (κ2) is 26.7. The van der Waals surface area contributed by atoms with E-state index in [1.54, 1.807) is 0 Å². The van der Waals surface area contributed by atoms with Crippen LogP contribution in [0.3, 0.4) is 0 Å². The molecule has 0 amide bonds. The summed E-state index contributed by atoms with van der Waals surface area (Å²) in [5.74, 6) is -0.664. The number of hydrogen-bond acceptors (Lipinski definition) is 1. The van der Waals surface area contributed by atoms with E-state index >= 15 is 0 Å². The van der Waals surface area contributed by atoms with Crippen LogP contribution < -0.4 is 29.6 Å². The molecule has 2 nitrogen and oxygen atoms in total. The fourth-order valence-electron chi connectivity index (χ4n) is 2.35. The Labute approximate surface area is 182 Å². The SMILES string of the molecule is CCCCCCCC/C=C\CCCCCCCC(=O)O.C[Si-](C)C.[Na+]. The van der Waals surface area contributed by atoms with Crippen molar-refractivity contribution in [3.63, 3.8) is 0 Å². The first kappa shape index (κ1) is 30.2. The molecule has 0 aromatic heterocycles. The Morgan fingerprint density at radius 2 is 1.12 bits per heavy atom. The maximum atomic E-state index is 10.3. The zero-order chi connectivity index (χ0) is 18.5. The molecule has 1 N–H and O–H groups in total. The summed E-state index contributed by atoms with van der Waals surface area (Å²) in [5.41, 5.74) is 0. The minimum Gasteiger partial charge on any atom is -0.481 e. The van der Waals surface area contributed by atoms with Crippen LogP contribution in [0, 0.1) is 0 Å². The fourth-order valence-corrected chi connectivity index (χ4v) is 2.35. The fraction of sp³-hybridized carbons (Fsp3) is 0.857. The minimum absolute atomic E-state index is 0. The van der Waals surface area contributed by atoms with Gasteiger partial charge in [-0.15, -0.1) is 0 Å². The van der Waals surface area contributed by atoms with Crippen LogP contribution >= 0.6 is 0 Å². The maximum Gasteiger partial charge on any atom is 1.00 e. The third-order valence-electron chi connectivity index (χ3n) is 3.65. The largest absolute Gasteiger partial charge is 1.00 e. The zero-order valence-corrected chi connectivity index (χ0v) is 20.9. The molecule has 0 aromatic carbocycles. The Bertz CT molecular complexity index is 278. The smallest absolute Gasteiger partial charge is 0.481 e. The predicted octanol–water partition coefficient (Wildman–Crippen LogP) is 4.48. The molecule has 0 radical (unpaired) electrons. The van der Waals surface area contributed by atoms with Gasteiger partial charge in [0.2, 0.25) is 0 Å². The minimum atomic E-state index is -0.664. The third-order valence-corrected chi connectivity index (χ3v) is 3.65. The Hall–Kier alpha value is 0.427. The van der Waals surface area contributed by atoms with Gasteiger partial charge in [0.1, 0.15) is 0 Å². The van der Waals surface area contributed by atoms with Gasteiger partial charge in [0.15, 0.2) is 0 Å². The summed E-state index contributed by atoms with van der Waals surface area (Å²) in [6.07, 6.45) is 21.2. The number of hydrogen-bond donors (Lipinski definition) is 1. The van der Waals surface area contributed by atoms with Crippen molar-refractivity contribution in [2.24, 2.45) is 0 Å². The van der Waals surface area contributed by atoms with Gasteiger partial charge in [0, 0.05) is 6.42 Å². The first-order chi connectivity index (χ1) is 11.5. The van der Waals surface area contributed by atoms with Gasteiger partial charge in [-0.1, -0.05) is 70.4 Å². The number of allylic oxidation sites excluding steroid dienone is 2. The van der Waals surface area contributed by atoms with E-state index in [2.05, 4.69) is 38.7 Å². The molecule has 0 fully saturated rings. The molecule has 0 rings (SSSR count). The predicted molar refractivity (Wildman–Crippen MR) is 110 cm³/mol. The van der Waals surface area contributed by atoms with E-state index in [-0.39, 0.29) is 38.4 Å². The first-order valence-corrected chi connectivity index (χ1v) is 13.1. The van der Waals surface area contributed by atoms with Gasteiger partial charge >= 0.3 is 35.5 Å². The molecule has 0 aromatic rings. The van der Waals surface area contributed by atoms with E-state index in [4.69, 9.17) is 5.11 Å². The summed E-state index contributed by atoms with van der Waals surface area (Å²) < 4.78 is 0.